The fraction of sp³-hybridized carbons (Fsp3) is 0.353. The summed E-state index contributed by atoms with van der Waals surface area (Å²) in [6.07, 6.45) is 3.09. The number of rotatable bonds is 4. The van der Waals surface area contributed by atoms with E-state index < -0.39 is 0 Å². The van der Waals surface area contributed by atoms with Crippen LogP contribution in [0, 0.1) is 0 Å². The van der Waals surface area contributed by atoms with Crippen LogP contribution in [0.15, 0.2) is 36.7 Å². The zero-order valence-corrected chi connectivity index (χ0v) is 13.9. The molecule has 0 aliphatic carbocycles. The molecule has 1 N–H and O–H groups in total. The Labute approximate surface area is 141 Å². The molecular weight excluding hydrogens is 306 g/mol. The smallest absolute Gasteiger partial charge is 0.274 e. The molecule has 0 radical (unpaired) electrons. The summed E-state index contributed by atoms with van der Waals surface area (Å²) in [6, 6.07) is 7.53. The van der Waals surface area contributed by atoms with E-state index >= 15 is 0 Å². The van der Waals surface area contributed by atoms with Gasteiger partial charge in [0, 0.05) is 37.9 Å². The highest BCUT2D eigenvalue weighted by Gasteiger charge is 2.21. The largest absolute Gasteiger partial charge is 0.497 e. The second-order valence-electron chi connectivity index (χ2n) is 5.74. The summed E-state index contributed by atoms with van der Waals surface area (Å²) in [6.45, 7) is 3.21. The molecule has 0 saturated carbocycles. The summed E-state index contributed by atoms with van der Waals surface area (Å²) in [5, 5.41) is 3.14. The van der Waals surface area contributed by atoms with E-state index in [2.05, 4.69) is 27.2 Å². The number of hydrogen-bond donors (Lipinski definition) is 1. The Morgan fingerprint density at radius 3 is 2.62 bits per heavy atom. The molecule has 1 aliphatic heterocycles. The average molecular weight is 327 g/mol. The van der Waals surface area contributed by atoms with Crippen molar-refractivity contribution in [3.05, 3.63) is 42.4 Å². The van der Waals surface area contributed by atoms with Gasteiger partial charge in [0.05, 0.1) is 19.5 Å². The molecule has 3 rings (SSSR count). The molecule has 1 aromatic heterocycles. The normalized spacial score (nSPS) is 15.2. The van der Waals surface area contributed by atoms with Gasteiger partial charge in [-0.25, -0.2) is 9.97 Å². The highest BCUT2D eigenvalue weighted by atomic mass is 16.5. The van der Waals surface area contributed by atoms with Crippen LogP contribution in [0.25, 0.3) is 0 Å². The van der Waals surface area contributed by atoms with E-state index in [9.17, 15) is 4.79 Å². The fourth-order valence-electron chi connectivity index (χ4n) is 2.52. The maximum absolute atomic E-state index is 12.4. The monoisotopic (exact) mass is 327 g/mol. The van der Waals surface area contributed by atoms with E-state index in [0.717, 1.165) is 37.6 Å². The van der Waals surface area contributed by atoms with Crippen LogP contribution >= 0.6 is 0 Å². The van der Waals surface area contributed by atoms with Crippen molar-refractivity contribution in [1.82, 2.24) is 19.8 Å². The molecular formula is C17H21N5O2. The third kappa shape index (κ3) is 3.80. The highest BCUT2D eigenvalue weighted by Crippen LogP contribution is 2.19. The maximum atomic E-state index is 12.4. The number of nitrogens with one attached hydrogen (secondary N) is 1. The van der Waals surface area contributed by atoms with Gasteiger partial charge in [-0.3, -0.25) is 4.79 Å². The Hall–Kier alpha value is -2.67. The number of piperazine rings is 1. The van der Waals surface area contributed by atoms with Gasteiger partial charge in [0.25, 0.3) is 5.91 Å². The quantitative estimate of drug-likeness (QED) is 0.920. The van der Waals surface area contributed by atoms with Crippen molar-refractivity contribution in [2.45, 2.75) is 0 Å². The first kappa shape index (κ1) is 16.2. The van der Waals surface area contributed by atoms with Crippen LogP contribution in [0.2, 0.25) is 0 Å². The van der Waals surface area contributed by atoms with Crippen molar-refractivity contribution < 1.29 is 9.53 Å². The number of amides is 1. The standard InChI is InChI=1S/C17H21N5O2/c1-21-6-8-22(9-7-21)17(23)15-11-19-16(12-18-15)20-13-4-3-5-14(10-13)24-2/h3-5,10-12H,6-9H2,1-2H3,(H,19,20). The number of hydrogen-bond acceptors (Lipinski definition) is 6. The number of benzene rings is 1. The molecule has 2 heterocycles. The summed E-state index contributed by atoms with van der Waals surface area (Å²) < 4.78 is 5.19. The number of carbonyl (C=O) groups excluding carboxylic acids is 1. The second kappa shape index (κ2) is 7.27. The van der Waals surface area contributed by atoms with Crippen molar-refractivity contribution in [2.75, 3.05) is 45.7 Å². The third-order valence-electron chi connectivity index (χ3n) is 4.00. The lowest BCUT2D eigenvalue weighted by molar-refractivity contribution is 0.0658. The molecule has 0 unspecified atom stereocenters. The van der Waals surface area contributed by atoms with Crippen LogP contribution in [-0.2, 0) is 0 Å². The predicted octanol–water partition coefficient (Wildman–Crippen LogP) is 1.62. The van der Waals surface area contributed by atoms with Crippen molar-refractivity contribution in [3.63, 3.8) is 0 Å². The zero-order valence-electron chi connectivity index (χ0n) is 13.9. The van der Waals surface area contributed by atoms with Crippen molar-refractivity contribution in [2.24, 2.45) is 0 Å². The molecule has 0 bridgehead atoms. The molecule has 1 saturated heterocycles. The minimum Gasteiger partial charge on any atom is -0.497 e. The first-order chi connectivity index (χ1) is 11.7. The van der Waals surface area contributed by atoms with Gasteiger partial charge < -0.3 is 19.9 Å². The van der Waals surface area contributed by atoms with Crippen LogP contribution in [-0.4, -0.2) is 66.0 Å². The Bertz CT molecular complexity index is 696. The van der Waals surface area contributed by atoms with Crippen LogP contribution in [0.1, 0.15) is 10.5 Å². The Morgan fingerprint density at radius 1 is 1.17 bits per heavy atom. The molecule has 2 aromatic rings. The van der Waals surface area contributed by atoms with Crippen LogP contribution < -0.4 is 10.1 Å². The number of anilines is 2. The number of aromatic nitrogens is 2. The van der Waals surface area contributed by atoms with Crippen molar-refractivity contribution in [3.8, 4) is 5.75 Å². The molecule has 7 heteroatoms. The molecule has 7 nitrogen and oxygen atoms in total. The van der Waals surface area contributed by atoms with E-state index in [-0.39, 0.29) is 5.91 Å². The lowest BCUT2D eigenvalue weighted by Gasteiger charge is -2.32. The fourth-order valence-corrected chi connectivity index (χ4v) is 2.52. The molecule has 1 aromatic carbocycles. The van der Waals surface area contributed by atoms with Gasteiger partial charge in [-0.1, -0.05) is 6.07 Å². The van der Waals surface area contributed by atoms with Crippen LogP contribution in [0.3, 0.4) is 0 Å². The summed E-state index contributed by atoms with van der Waals surface area (Å²) >= 11 is 0. The third-order valence-corrected chi connectivity index (χ3v) is 4.00. The Morgan fingerprint density at radius 2 is 1.96 bits per heavy atom. The minimum atomic E-state index is -0.0662. The summed E-state index contributed by atoms with van der Waals surface area (Å²) in [4.78, 5) is 25.0. The maximum Gasteiger partial charge on any atom is 0.274 e. The number of carbonyl (C=O) groups is 1. The van der Waals surface area contributed by atoms with Gasteiger partial charge in [0.1, 0.15) is 17.3 Å². The summed E-state index contributed by atoms with van der Waals surface area (Å²) in [7, 11) is 3.68. The highest BCUT2D eigenvalue weighted by molar-refractivity contribution is 5.92. The van der Waals surface area contributed by atoms with Crippen LogP contribution in [0.4, 0.5) is 11.5 Å². The second-order valence-corrected chi connectivity index (χ2v) is 5.74. The summed E-state index contributed by atoms with van der Waals surface area (Å²) in [5.41, 5.74) is 1.22. The zero-order chi connectivity index (χ0) is 16.9. The molecule has 1 amide bonds. The van der Waals surface area contributed by atoms with Gasteiger partial charge in [-0.05, 0) is 19.2 Å². The first-order valence-electron chi connectivity index (χ1n) is 7.86. The van der Waals surface area contributed by atoms with Gasteiger partial charge in [0.2, 0.25) is 0 Å². The van der Waals surface area contributed by atoms with Crippen molar-refractivity contribution >= 4 is 17.4 Å². The number of likely N-dealkylation sites (N-methyl/N-ethyl adjacent to an activating group) is 1. The molecule has 0 spiro atoms. The Balaban J connectivity index is 1.65. The van der Waals surface area contributed by atoms with Gasteiger partial charge in [-0.15, -0.1) is 0 Å². The topological polar surface area (TPSA) is 70.6 Å². The number of ether oxygens (including phenoxy) is 1. The molecule has 0 atom stereocenters. The van der Waals surface area contributed by atoms with Crippen LogP contribution in [0.5, 0.6) is 5.75 Å². The van der Waals surface area contributed by atoms with E-state index in [4.69, 9.17) is 4.74 Å². The van der Waals surface area contributed by atoms with E-state index in [0.29, 0.717) is 11.5 Å². The molecule has 24 heavy (non-hydrogen) atoms. The predicted molar refractivity (Wildman–Crippen MR) is 91.7 cm³/mol. The van der Waals surface area contributed by atoms with Gasteiger partial charge in [-0.2, -0.15) is 0 Å². The minimum absolute atomic E-state index is 0.0662. The molecule has 1 fully saturated rings. The number of methoxy groups -OCH3 is 1. The lowest BCUT2D eigenvalue weighted by atomic mass is 10.3. The van der Waals surface area contributed by atoms with Crippen molar-refractivity contribution in [1.29, 1.82) is 0 Å². The average Bonchev–Trinajstić information content (AvgIpc) is 2.62. The summed E-state index contributed by atoms with van der Waals surface area (Å²) in [5.74, 6) is 1.27. The van der Waals surface area contributed by atoms with E-state index in [1.807, 2.05) is 29.2 Å². The first-order valence-corrected chi connectivity index (χ1v) is 7.86. The Kier molecular flexibility index (Phi) is 4.90. The SMILES string of the molecule is COc1cccc(Nc2cnc(C(=O)N3CCN(C)CC3)cn2)c1. The molecule has 1 aliphatic rings. The number of nitrogens with zero attached hydrogens (tertiary/aromatic N) is 4. The van der Waals surface area contributed by atoms with E-state index in [1.165, 1.54) is 6.20 Å². The van der Waals surface area contributed by atoms with Gasteiger partial charge >= 0.3 is 0 Å². The molecule has 126 valence electrons. The van der Waals surface area contributed by atoms with Gasteiger partial charge in [0.15, 0.2) is 0 Å². The lowest BCUT2D eigenvalue weighted by Crippen LogP contribution is -2.47. The van der Waals surface area contributed by atoms with E-state index in [1.54, 1.807) is 13.3 Å².